The number of aromatic hydroxyl groups is 2. The summed E-state index contributed by atoms with van der Waals surface area (Å²) in [6, 6.07) is 4.07. The number of carbonyl (C=O) groups excluding carboxylic acids is 14. The fourth-order valence-corrected chi connectivity index (χ4v) is 13.6. The van der Waals surface area contributed by atoms with Crippen LogP contribution >= 0.6 is 0 Å². The first-order chi connectivity index (χ1) is 63.5. The molecular formula is C88H128N20O26. The van der Waals surface area contributed by atoms with Crippen LogP contribution in [0, 0.1) is 17.2 Å². The first kappa shape index (κ1) is 112. The molecule has 0 aliphatic heterocycles. The third kappa shape index (κ3) is 42.9. The van der Waals surface area contributed by atoms with E-state index in [0.29, 0.717) is 16.7 Å². The van der Waals surface area contributed by atoms with Crippen molar-refractivity contribution in [2.75, 3.05) is 39.4 Å². The Morgan fingerprint density at radius 1 is 0.328 bits per heavy atom. The van der Waals surface area contributed by atoms with Crippen molar-refractivity contribution in [1.82, 2.24) is 79.8 Å². The maximum atomic E-state index is 15.2. The third-order valence-electron chi connectivity index (χ3n) is 20.7. The molecule has 0 aliphatic rings. The highest BCUT2D eigenvalue weighted by Crippen LogP contribution is 2.19. The molecule has 4 aromatic carbocycles. The Hall–Kier alpha value is -14.0. The average Bonchev–Trinajstić information content (AvgIpc) is 0.846. The molecule has 46 heteroatoms. The lowest BCUT2D eigenvalue weighted by Gasteiger charge is -2.28. The van der Waals surface area contributed by atoms with Crippen LogP contribution in [0.4, 0.5) is 0 Å². The van der Waals surface area contributed by atoms with E-state index in [1.54, 1.807) is 74.5 Å². The second kappa shape index (κ2) is 59.4. The molecule has 32 N–H and O–H groups in total. The number of phenols is 2. The Morgan fingerprint density at radius 3 is 0.970 bits per heavy atom. The molecule has 46 nitrogen and oxygen atoms in total. The van der Waals surface area contributed by atoms with Gasteiger partial charge in [-0.2, -0.15) is 0 Å². The Labute approximate surface area is 773 Å². The number of benzene rings is 4. The van der Waals surface area contributed by atoms with E-state index in [1.165, 1.54) is 48.5 Å². The van der Waals surface area contributed by atoms with Gasteiger partial charge < -0.3 is 144 Å². The molecule has 0 saturated heterocycles. The molecule has 0 saturated carbocycles. The number of unbranched alkanes of at least 4 members (excludes halogenated alkanes) is 2. The van der Waals surface area contributed by atoms with Gasteiger partial charge in [-0.15, -0.1) is 0 Å². The Balaban J connectivity index is 1.61. The highest BCUT2D eigenvalue weighted by atomic mass is 16.4. The zero-order valence-corrected chi connectivity index (χ0v) is 75.0. The molecule has 0 radical (unpaired) electrons. The van der Waals surface area contributed by atoms with Crippen molar-refractivity contribution in [2.45, 2.75) is 234 Å². The summed E-state index contributed by atoms with van der Waals surface area (Å²) in [7, 11) is 0. The van der Waals surface area contributed by atoms with Gasteiger partial charge in [0.15, 0.2) is 5.96 Å². The first-order valence-electron chi connectivity index (χ1n) is 43.7. The second-order valence-corrected chi connectivity index (χ2v) is 32.8. The van der Waals surface area contributed by atoms with Gasteiger partial charge in [-0.05, 0) is 148 Å². The van der Waals surface area contributed by atoms with E-state index in [4.69, 9.17) is 28.3 Å². The van der Waals surface area contributed by atoms with Gasteiger partial charge in [0.1, 0.15) is 90.0 Å². The van der Waals surface area contributed by atoms with Gasteiger partial charge >= 0.3 is 23.9 Å². The van der Waals surface area contributed by atoms with Crippen molar-refractivity contribution in [3.05, 3.63) is 131 Å². The van der Waals surface area contributed by atoms with Crippen LogP contribution in [-0.2, 0) is 112 Å². The standard InChI is InChI=1S/C88H128N20O26/c1-48(2)38-56(91)74(120)97-59(22-15-37-94-88(92)93)78(124)101-64(42-52-23-27-54(111)28-24-52)83(129)103-62(40-50-16-7-5-8-17-50)81(127)102-63(41-51-18-9-6-10-19-51)82(128)104-65(43-53-25-29-55(112)30-26-53)84(130)108-69(47-110)86(132)107-68(46-109)75(121)95-45-70(113)96-60(31-33-71(114)115)79(125)99-57(20-11-13-35-89)76(122)98-58(21-12-14-36-90)77(123)105-66(44-73(118)119)85(131)100-61(32-34-72(116)117)80(126)106-67(87(133)134)39-49(3)4/h5-10,16-19,23-30,48-49,56-69,109-112H,11-15,20-22,31-47,89-91H2,1-4H3,(H,95,121)(H,96,113)(H,97,120)(H,98,122)(H,99,125)(H,100,131)(H,101,124)(H,102,127)(H,103,129)(H,104,128)(H,105,123)(H,106,126)(H,107,132)(H,108,130)(H,114,115)(H,116,117)(H,118,119)(H,133,134)(H4,92,93,94)/t56-,57-,58-,59-,60-,61-,62-,63-,64-,65-,66-,67-,68-,69-/m0/s1. The molecule has 0 aliphatic carbocycles. The summed E-state index contributed by atoms with van der Waals surface area (Å²) in [5, 5.41) is 124. The lowest BCUT2D eigenvalue weighted by Crippen LogP contribution is -2.61. The number of carboxylic acid groups (broad SMARTS) is 4. The number of aliphatic hydroxyl groups is 2. The molecule has 0 heterocycles. The summed E-state index contributed by atoms with van der Waals surface area (Å²) in [6.45, 7) is 3.69. The number of hydrogen-bond acceptors (Lipinski definition) is 26. The SMILES string of the molecule is CC(C)C[C@H](NC(=O)[C@H](CCC(=O)O)NC(=O)[C@H](CC(=O)O)NC(=O)[C@H](CCCCN)NC(=O)[C@H](CCCCN)NC(=O)[C@H](CCC(=O)O)NC(=O)CNC(=O)[C@H](CO)NC(=O)[C@H](CO)NC(=O)[C@H](Cc1ccc(O)cc1)NC(=O)[C@H](Cc1ccccc1)NC(=O)[C@H](Cc1ccccc1)NC(=O)[C@H](Cc1ccc(O)cc1)NC(=O)[C@H](CCCNC(=N)N)NC(=O)[C@@H](N)CC(C)C)C(=O)O. The highest BCUT2D eigenvalue weighted by molar-refractivity contribution is 6.01. The quantitative estimate of drug-likeness (QED) is 0.0112. The minimum atomic E-state index is -2.05. The number of rotatable bonds is 63. The molecule has 0 aromatic heterocycles. The lowest BCUT2D eigenvalue weighted by molar-refractivity contribution is -0.144. The van der Waals surface area contributed by atoms with E-state index in [1.807, 2.05) is 13.8 Å². The van der Waals surface area contributed by atoms with Crippen molar-refractivity contribution in [2.24, 2.45) is 34.8 Å². The zero-order chi connectivity index (χ0) is 99.7. The topological polar surface area (TPSA) is 777 Å². The maximum Gasteiger partial charge on any atom is 0.326 e. The van der Waals surface area contributed by atoms with Gasteiger partial charge in [-0.25, -0.2) is 4.79 Å². The fraction of sp³-hybridized carbons (Fsp3) is 0.511. The van der Waals surface area contributed by atoms with E-state index in [2.05, 4.69) is 79.8 Å². The summed E-state index contributed by atoms with van der Waals surface area (Å²) >= 11 is 0. The van der Waals surface area contributed by atoms with Crippen molar-refractivity contribution in [3.8, 4) is 11.5 Å². The Kier molecular flexibility index (Phi) is 49.8. The number of phenolic OH excluding ortho intramolecular Hbond substituents is 2. The van der Waals surface area contributed by atoms with E-state index in [0.717, 1.165) is 0 Å². The molecule has 4 rings (SSSR count). The summed E-state index contributed by atoms with van der Waals surface area (Å²) in [5.74, 6) is -22.6. The highest BCUT2D eigenvalue weighted by Gasteiger charge is 2.39. The largest absolute Gasteiger partial charge is 0.508 e. The monoisotopic (exact) mass is 1880 g/mol. The maximum absolute atomic E-state index is 15.2. The second-order valence-electron chi connectivity index (χ2n) is 32.8. The van der Waals surface area contributed by atoms with E-state index in [9.17, 15) is 113 Å². The summed E-state index contributed by atoms with van der Waals surface area (Å²) in [6.07, 6.45) is -4.79. The van der Waals surface area contributed by atoms with Gasteiger partial charge in [-0.1, -0.05) is 113 Å². The molecule has 0 bridgehead atoms. The molecule has 0 unspecified atom stereocenters. The number of amides is 14. The number of hydrogen-bond donors (Lipinski definition) is 28. The van der Waals surface area contributed by atoms with Crippen LogP contribution in [0.3, 0.4) is 0 Å². The smallest absolute Gasteiger partial charge is 0.326 e. The molecule has 736 valence electrons. The van der Waals surface area contributed by atoms with Gasteiger partial charge in [0.05, 0.1) is 32.2 Å². The molecule has 134 heavy (non-hydrogen) atoms. The van der Waals surface area contributed by atoms with Crippen molar-refractivity contribution < 1.29 is 127 Å². The fourth-order valence-electron chi connectivity index (χ4n) is 13.6. The number of nitrogens with one attached hydrogen (secondary N) is 16. The first-order valence-corrected chi connectivity index (χ1v) is 43.7. The van der Waals surface area contributed by atoms with Crippen LogP contribution in [0.2, 0.25) is 0 Å². The van der Waals surface area contributed by atoms with Crippen LogP contribution in [0.25, 0.3) is 0 Å². The molecule has 14 amide bonds. The van der Waals surface area contributed by atoms with Crippen LogP contribution in [-0.4, -0.2) is 277 Å². The molecule has 0 fully saturated rings. The van der Waals surface area contributed by atoms with Gasteiger partial charge in [0.2, 0.25) is 82.7 Å². The van der Waals surface area contributed by atoms with E-state index < -0.39 is 249 Å². The normalized spacial score (nSPS) is 14.2. The number of carbonyl (C=O) groups is 18. The van der Waals surface area contributed by atoms with Crippen LogP contribution in [0.1, 0.15) is 146 Å². The Bertz CT molecular complexity index is 4580. The molecule has 14 atom stereocenters. The number of carboxylic acids is 4. The summed E-state index contributed by atoms with van der Waals surface area (Å²) in [5.41, 5.74) is 24.8. The third-order valence-corrected chi connectivity index (χ3v) is 20.7. The molecular weight excluding hydrogens is 1750 g/mol. The van der Waals surface area contributed by atoms with Gasteiger partial charge in [-0.3, -0.25) is 86.9 Å². The predicted molar refractivity (Wildman–Crippen MR) is 482 cm³/mol. The number of aliphatic hydroxyl groups excluding tert-OH is 2. The predicted octanol–water partition coefficient (Wildman–Crippen LogP) is -5.00. The summed E-state index contributed by atoms with van der Waals surface area (Å²) in [4.78, 5) is 247. The average molecular weight is 1880 g/mol. The van der Waals surface area contributed by atoms with Crippen molar-refractivity contribution in [3.63, 3.8) is 0 Å². The number of nitrogens with two attached hydrogens (primary N) is 4. The zero-order valence-electron chi connectivity index (χ0n) is 75.0. The van der Waals surface area contributed by atoms with E-state index in [-0.39, 0.29) is 138 Å². The minimum absolute atomic E-state index is 0.0154. The molecule has 4 aromatic rings. The number of aliphatic carboxylic acids is 4. The van der Waals surface area contributed by atoms with E-state index >= 15 is 14.4 Å². The van der Waals surface area contributed by atoms with Gasteiger partial charge in [0, 0.05) is 45.1 Å². The van der Waals surface area contributed by atoms with Gasteiger partial charge in [0.25, 0.3) is 0 Å². The van der Waals surface area contributed by atoms with Crippen LogP contribution < -0.4 is 103 Å². The Morgan fingerprint density at radius 2 is 0.627 bits per heavy atom. The van der Waals surface area contributed by atoms with Crippen molar-refractivity contribution >= 4 is 113 Å². The lowest BCUT2D eigenvalue weighted by atomic mass is 10.00. The number of guanidine groups is 1. The van der Waals surface area contributed by atoms with Crippen LogP contribution in [0.5, 0.6) is 11.5 Å². The van der Waals surface area contributed by atoms with Crippen molar-refractivity contribution in [1.29, 1.82) is 5.41 Å². The summed E-state index contributed by atoms with van der Waals surface area (Å²) < 4.78 is 0. The molecule has 0 spiro atoms. The van der Waals surface area contributed by atoms with Crippen LogP contribution in [0.15, 0.2) is 109 Å². The minimum Gasteiger partial charge on any atom is -0.508 e.